The van der Waals surface area contributed by atoms with Gasteiger partial charge in [0, 0.05) is 32.6 Å². The second-order valence-corrected chi connectivity index (χ2v) is 6.17. The van der Waals surface area contributed by atoms with E-state index in [0.29, 0.717) is 32.5 Å². The van der Waals surface area contributed by atoms with E-state index >= 15 is 0 Å². The van der Waals surface area contributed by atoms with E-state index in [2.05, 4.69) is 5.32 Å². The molecule has 0 spiro atoms. The molecule has 1 aliphatic heterocycles. The lowest BCUT2D eigenvalue weighted by Crippen LogP contribution is -2.44. The molecule has 0 aromatic heterocycles. The molecule has 2 N–H and O–H groups in total. The topological polar surface area (TPSA) is 99.2 Å². The largest absolute Gasteiger partial charge is 0.497 e. The molecule has 1 aromatic carbocycles. The van der Waals surface area contributed by atoms with E-state index in [0.717, 1.165) is 11.3 Å². The Bertz CT molecular complexity index is 632. The minimum absolute atomic E-state index is 0.00878. The molecule has 1 saturated heterocycles. The third-order valence-corrected chi connectivity index (χ3v) is 4.20. The van der Waals surface area contributed by atoms with Crippen LogP contribution in [0.5, 0.6) is 5.75 Å². The molecule has 0 aliphatic carbocycles. The van der Waals surface area contributed by atoms with Crippen molar-refractivity contribution in [1.82, 2.24) is 15.1 Å². The Kier molecular flexibility index (Phi) is 7.25. The first-order valence-electron chi connectivity index (χ1n) is 8.65. The fourth-order valence-electron chi connectivity index (χ4n) is 2.76. The second-order valence-electron chi connectivity index (χ2n) is 6.17. The summed E-state index contributed by atoms with van der Waals surface area (Å²) in [5, 5.41) is 11.3. The summed E-state index contributed by atoms with van der Waals surface area (Å²) >= 11 is 0. The number of aliphatic carboxylic acids is 1. The number of urea groups is 1. The molecule has 142 valence electrons. The van der Waals surface area contributed by atoms with Crippen LogP contribution in [0.15, 0.2) is 24.3 Å². The molecule has 0 bridgehead atoms. The number of carbonyl (C=O) groups excluding carboxylic acids is 2. The minimum atomic E-state index is -0.890. The number of benzene rings is 1. The summed E-state index contributed by atoms with van der Waals surface area (Å²) in [6.45, 7) is 1.90. The Balaban J connectivity index is 1.84. The standard InChI is InChI=1S/C18H25N3O5/c1-26-15-7-5-14(6-8-15)12-20-10-3-11-21(13-16(20)22)18(25)19-9-2-4-17(23)24/h5-8H,2-4,9-13H2,1H3,(H,19,25)(H,23,24). The highest BCUT2D eigenvalue weighted by Crippen LogP contribution is 2.15. The van der Waals surface area contributed by atoms with Crippen molar-refractivity contribution in [3.63, 3.8) is 0 Å². The van der Waals surface area contributed by atoms with Crippen molar-refractivity contribution in [1.29, 1.82) is 0 Å². The second kappa shape index (κ2) is 9.65. The molecular weight excluding hydrogens is 338 g/mol. The molecule has 0 radical (unpaired) electrons. The number of hydrogen-bond donors (Lipinski definition) is 2. The van der Waals surface area contributed by atoms with Crippen LogP contribution in [-0.2, 0) is 16.1 Å². The molecule has 1 aliphatic rings. The van der Waals surface area contributed by atoms with E-state index in [4.69, 9.17) is 9.84 Å². The quantitative estimate of drug-likeness (QED) is 0.712. The van der Waals surface area contributed by atoms with Crippen molar-refractivity contribution in [2.45, 2.75) is 25.8 Å². The van der Waals surface area contributed by atoms with Gasteiger partial charge in [-0.2, -0.15) is 0 Å². The Labute approximate surface area is 152 Å². The lowest BCUT2D eigenvalue weighted by molar-refractivity contribution is -0.137. The Morgan fingerprint density at radius 1 is 1.23 bits per heavy atom. The third-order valence-electron chi connectivity index (χ3n) is 4.20. The summed E-state index contributed by atoms with van der Waals surface area (Å²) in [4.78, 5) is 38.3. The zero-order valence-corrected chi connectivity index (χ0v) is 14.9. The van der Waals surface area contributed by atoms with Crippen LogP contribution in [0.4, 0.5) is 4.79 Å². The lowest BCUT2D eigenvalue weighted by Gasteiger charge is -2.22. The van der Waals surface area contributed by atoms with Crippen LogP contribution < -0.4 is 10.1 Å². The van der Waals surface area contributed by atoms with Crippen LogP contribution in [0, 0.1) is 0 Å². The molecule has 1 heterocycles. The predicted molar refractivity (Wildman–Crippen MR) is 94.9 cm³/mol. The van der Waals surface area contributed by atoms with Crippen molar-refractivity contribution >= 4 is 17.9 Å². The number of rotatable bonds is 7. The van der Waals surface area contributed by atoms with Crippen LogP contribution in [0.25, 0.3) is 0 Å². The first-order chi connectivity index (χ1) is 12.5. The molecule has 1 aromatic rings. The van der Waals surface area contributed by atoms with Crippen LogP contribution in [0.2, 0.25) is 0 Å². The van der Waals surface area contributed by atoms with Gasteiger partial charge in [-0.3, -0.25) is 9.59 Å². The zero-order chi connectivity index (χ0) is 18.9. The van der Waals surface area contributed by atoms with Crippen molar-refractivity contribution < 1.29 is 24.2 Å². The van der Waals surface area contributed by atoms with E-state index in [1.165, 1.54) is 4.90 Å². The third kappa shape index (κ3) is 5.94. The molecular formula is C18H25N3O5. The molecule has 0 unspecified atom stereocenters. The van der Waals surface area contributed by atoms with Crippen molar-refractivity contribution in [2.24, 2.45) is 0 Å². The van der Waals surface area contributed by atoms with Gasteiger partial charge in [-0.05, 0) is 30.5 Å². The molecule has 8 nitrogen and oxygen atoms in total. The monoisotopic (exact) mass is 363 g/mol. The number of carboxylic acid groups (broad SMARTS) is 1. The van der Waals surface area contributed by atoms with Gasteiger partial charge in [0.25, 0.3) is 0 Å². The van der Waals surface area contributed by atoms with Crippen LogP contribution in [0.1, 0.15) is 24.8 Å². The van der Waals surface area contributed by atoms with Crippen molar-refractivity contribution in [3.05, 3.63) is 29.8 Å². The van der Waals surface area contributed by atoms with Gasteiger partial charge >= 0.3 is 12.0 Å². The van der Waals surface area contributed by atoms with Gasteiger partial charge in [-0.1, -0.05) is 12.1 Å². The fourth-order valence-corrected chi connectivity index (χ4v) is 2.76. The SMILES string of the molecule is COc1ccc(CN2CCCN(C(=O)NCCCC(=O)O)CC2=O)cc1. The average Bonchev–Trinajstić information content (AvgIpc) is 2.81. The Morgan fingerprint density at radius 3 is 2.62 bits per heavy atom. The smallest absolute Gasteiger partial charge is 0.317 e. The van der Waals surface area contributed by atoms with Crippen LogP contribution in [-0.4, -0.2) is 66.1 Å². The number of methoxy groups -OCH3 is 1. The van der Waals surface area contributed by atoms with Crippen LogP contribution in [0.3, 0.4) is 0 Å². The summed E-state index contributed by atoms with van der Waals surface area (Å²) in [6.07, 6.45) is 1.08. The fraction of sp³-hybridized carbons (Fsp3) is 0.500. The molecule has 8 heteroatoms. The number of ether oxygens (including phenoxy) is 1. The number of nitrogens with zero attached hydrogens (tertiary/aromatic N) is 2. The highest BCUT2D eigenvalue weighted by atomic mass is 16.5. The van der Waals surface area contributed by atoms with Gasteiger partial charge < -0.3 is 25.0 Å². The van der Waals surface area contributed by atoms with Gasteiger partial charge in [0.2, 0.25) is 5.91 Å². The predicted octanol–water partition coefficient (Wildman–Crippen LogP) is 1.30. The van der Waals surface area contributed by atoms with E-state index in [9.17, 15) is 14.4 Å². The first kappa shape index (κ1) is 19.6. The molecule has 0 saturated carbocycles. The van der Waals surface area contributed by atoms with Crippen LogP contribution >= 0.6 is 0 Å². The number of carboxylic acids is 1. The first-order valence-corrected chi connectivity index (χ1v) is 8.65. The summed E-state index contributed by atoms with van der Waals surface area (Å²) < 4.78 is 5.13. The van der Waals surface area contributed by atoms with E-state index in [1.54, 1.807) is 12.0 Å². The lowest BCUT2D eigenvalue weighted by atomic mass is 10.2. The summed E-state index contributed by atoms with van der Waals surface area (Å²) in [5.74, 6) is -0.223. The summed E-state index contributed by atoms with van der Waals surface area (Å²) in [5.41, 5.74) is 1.01. The minimum Gasteiger partial charge on any atom is -0.497 e. The van der Waals surface area contributed by atoms with E-state index < -0.39 is 5.97 Å². The number of amides is 3. The Morgan fingerprint density at radius 2 is 1.96 bits per heavy atom. The number of carbonyl (C=O) groups is 3. The van der Waals surface area contributed by atoms with Gasteiger partial charge in [0.15, 0.2) is 0 Å². The van der Waals surface area contributed by atoms with E-state index in [1.807, 2.05) is 24.3 Å². The molecule has 1 fully saturated rings. The van der Waals surface area contributed by atoms with Gasteiger partial charge in [0.05, 0.1) is 7.11 Å². The van der Waals surface area contributed by atoms with Gasteiger partial charge in [-0.25, -0.2) is 4.79 Å². The summed E-state index contributed by atoms with van der Waals surface area (Å²) in [7, 11) is 1.61. The van der Waals surface area contributed by atoms with Crippen molar-refractivity contribution in [2.75, 3.05) is 33.3 Å². The molecule has 26 heavy (non-hydrogen) atoms. The van der Waals surface area contributed by atoms with Gasteiger partial charge in [-0.15, -0.1) is 0 Å². The average molecular weight is 363 g/mol. The summed E-state index contributed by atoms with van der Waals surface area (Å²) in [6, 6.07) is 7.23. The van der Waals surface area contributed by atoms with Gasteiger partial charge in [0.1, 0.15) is 12.3 Å². The highest BCUT2D eigenvalue weighted by Gasteiger charge is 2.24. The normalized spacial score (nSPS) is 14.7. The Hall–Kier alpha value is -2.77. The molecule has 0 atom stereocenters. The maximum absolute atomic E-state index is 12.5. The zero-order valence-electron chi connectivity index (χ0n) is 14.9. The number of hydrogen-bond acceptors (Lipinski definition) is 4. The maximum Gasteiger partial charge on any atom is 0.317 e. The number of nitrogens with one attached hydrogen (secondary N) is 1. The highest BCUT2D eigenvalue weighted by molar-refractivity contribution is 5.84. The molecule has 3 amide bonds. The molecule has 2 rings (SSSR count). The van der Waals surface area contributed by atoms with Crippen molar-refractivity contribution in [3.8, 4) is 5.75 Å². The van der Waals surface area contributed by atoms with E-state index in [-0.39, 0.29) is 31.4 Å². The maximum atomic E-state index is 12.5.